The molecule has 0 spiro atoms. The molecule has 2 rings (SSSR count). The number of hydrogen-bond donors (Lipinski definition) is 1. The molecule has 17 heavy (non-hydrogen) atoms. The van der Waals surface area contributed by atoms with Crippen molar-refractivity contribution in [1.82, 2.24) is 0 Å². The van der Waals surface area contributed by atoms with Crippen LogP contribution in [0.15, 0.2) is 18.2 Å². The van der Waals surface area contributed by atoms with Gasteiger partial charge in [0.2, 0.25) is 0 Å². The summed E-state index contributed by atoms with van der Waals surface area (Å²) in [5.41, 5.74) is 2.25. The molecule has 94 valence electrons. The van der Waals surface area contributed by atoms with E-state index >= 15 is 0 Å². The van der Waals surface area contributed by atoms with E-state index in [4.69, 9.17) is 4.74 Å². The normalized spacial score (nSPS) is 32.1. The summed E-state index contributed by atoms with van der Waals surface area (Å²) >= 11 is 0. The molecule has 1 saturated carbocycles. The van der Waals surface area contributed by atoms with Gasteiger partial charge >= 0.3 is 0 Å². The second kappa shape index (κ2) is 4.34. The molecule has 0 aromatic heterocycles. The quantitative estimate of drug-likeness (QED) is 0.870. The molecule has 0 aliphatic heterocycles. The lowest BCUT2D eigenvalue weighted by atomic mass is 9.63. The first-order valence-electron chi connectivity index (χ1n) is 6.40. The SMILES string of the molecule is CCC1(C)C(O)CC1Oc1c(C)cccc1C. The number of benzene rings is 1. The van der Waals surface area contributed by atoms with Crippen LogP contribution < -0.4 is 4.74 Å². The van der Waals surface area contributed by atoms with Gasteiger partial charge in [-0.2, -0.15) is 0 Å². The predicted octanol–water partition coefficient (Wildman–Crippen LogP) is 3.23. The lowest BCUT2D eigenvalue weighted by molar-refractivity contribution is -0.147. The summed E-state index contributed by atoms with van der Waals surface area (Å²) < 4.78 is 6.13. The molecule has 2 heteroatoms. The number of aliphatic hydroxyl groups excluding tert-OH is 1. The summed E-state index contributed by atoms with van der Waals surface area (Å²) in [7, 11) is 0. The van der Waals surface area contributed by atoms with E-state index in [1.807, 2.05) is 6.07 Å². The Bertz CT molecular complexity index is 393. The van der Waals surface area contributed by atoms with Gasteiger partial charge < -0.3 is 9.84 Å². The Kier molecular flexibility index (Phi) is 3.17. The number of aryl methyl sites for hydroxylation is 2. The van der Waals surface area contributed by atoms with Crippen molar-refractivity contribution in [2.45, 2.75) is 52.7 Å². The van der Waals surface area contributed by atoms with Crippen LogP contribution in [0, 0.1) is 19.3 Å². The molecule has 1 aliphatic rings. The summed E-state index contributed by atoms with van der Waals surface area (Å²) in [5, 5.41) is 9.87. The summed E-state index contributed by atoms with van der Waals surface area (Å²) in [6.07, 6.45) is 1.62. The zero-order chi connectivity index (χ0) is 12.6. The molecule has 0 bridgehead atoms. The van der Waals surface area contributed by atoms with Crippen LogP contribution in [-0.4, -0.2) is 17.3 Å². The van der Waals surface area contributed by atoms with Crippen LogP contribution in [0.4, 0.5) is 0 Å². The summed E-state index contributed by atoms with van der Waals surface area (Å²) in [4.78, 5) is 0. The molecular weight excluding hydrogens is 212 g/mol. The fraction of sp³-hybridized carbons (Fsp3) is 0.600. The van der Waals surface area contributed by atoms with Crippen molar-refractivity contribution < 1.29 is 9.84 Å². The minimum atomic E-state index is -0.221. The van der Waals surface area contributed by atoms with Crippen molar-refractivity contribution >= 4 is 0 Å². The van der Waals surface area contributed by atoms with Crippen molar-refractivity contribution in [3.63, 3.8) is 0 Å². The van der Waals surface area contributed by atoms with Crippen molar-refractivity contribution in [2.24, 2.45) is 5.41 Å². The van der Waals surface area contributed by atoms with Crippen LogP contribution in [0.1, 0.15) is 37.8 Å². The maximum Gasteiger partial charge on any atom is 0.125 e. The zero-order valence-electron chi connectivity index (χ0n) is 11.2. The third-order valence-corrected chi connectivity index (χ3v) is 4.36. The van der Waals surface area contributed by atoms with Crippen molar-refractivity contribution in [1.29, 1.82) is 0 Å². The lowest BCUT2D eigenvalue weighted by Crippen LogP contribution is -2.57. The Labute approximate surface area is 104 Å². The first-order chi connectivity index (χ1) is 7.99. The third-order valence-electron chi connectivity index (χ3n) is 4.36. The summed E-state index contributed by atoms with van der Waals surface area (Å²) in [6, 6.07) is 6.19. The molecule has 0 saturated heterocycles. The van der Waals surface area contributed by atoms with Crippen LogP contribution in [0.5, 0.6) is 5.75 Å². The second-order valence-corrected chi connectivity index (χ2v) is 5.44. The Morgan fingerprint density at radius 2 is 1.94 bits per heavy atom. The molecule has 1 aliphatic carbocycles. The maximum absolute atomic E-state index is 9.87. The Balaban J connectivity index is 2.18. The molecule has 0 radical (unpaired) electrons. The summed E-state index contributed by atoms with van der Waals surface area (Å²) in [5.74, 6) is 0.990. The van der Waals surface area contributed by atoms with Gasteiger partial charge in [-0.05, 0) is 31.4 Å². The van der Waals surface area contributed by atoms with Gasteiger partial charge in [0.05, 0.1) is 6.10 Å². The molecule has 2 nitrogen and oxygen atoms in total. The number of aliphatic hydroxyl groups is 1. The smallest absolute Gasteiger partial charge is 0.125 e. The van der Waals surface area contributed by atoms with E-state index < -0.39 is 0 Å². The number of rotatable bonds is 3. The fourth-order valence-corrected chi connectivity index (χ4v) is 2.57. The predicted molar refractivity (Wildman–Crippen MR) is 69.4 cm³/mol. The fourth-order valence-electron chi connectivity index (χ4n) is 2.57. The van der Waals surface area contributed by atoms with Gasteiger partial charge in [-0.25, -0.2) is 0 Å². The van der Waals surface area contributed by atoms with E-state index in [0.29, 0.717) is 0 Å². The largest absolute Gasteiger partial charge is 0.489 e. The molecule has 0 heterocycles. The molecule has 1 N–H and O–H groups in total. The van der Waals surface area contributed by atoms with Crippen LogP contribution in [0.3, 0.4) is 0 Å². The molecule has 1 aromatic rings. The van der Waals surface area contributed by atoms with Crippen LogP contribution in [0.25, 0.3) is 0 Å². The highest BCUT2D eigenvalue weighted by atomic mass is 16.5. The van der Waals surface area contributed by atoms with Crippen LogP contribution >= 0.6 is 0 Å². The van der Waals surface area contributed by atoms with Crippen LogP contribution in [0.2, 0.25) is 0 Å². The van der Waals surface area contributed by atoms with E-state index in [1.54, 1.807) is 0 Å². The number of hydrogen-bond acceptors (Lipinski definition) is 2. The van der Waals surface area contributed by atoms with Gasteiger partial charge in [0.15, 0.2) is 0 Å². The van der Waals surface area contributed by atoms with Crippen molar-refractivity contribution in [3.05, 3.63) is 29.3 Å². The maximum atomic E-state index is 9.87. The highest BCUT2D eigenvalue weighted by molar-refractivity contribution is 5.40. The molecule has 1 aromatic carbocycles. The van der Waals surface area contributed by atoms with Gasteiger partial charge in [-0.1, -0.05) is 32.0 Å². The van der Waals surface area contributed by atoms with Crippen molar-refractivity contribution in [2.75, 3.05) is 0 Å². The van der Waals surface area contributed by atoms with E-state index in [-0.39, 0.29) is 17.6 Å². The molecule has 3 unspecified atom stereocenters. The molecule has 3 atom stereocenters. The molecule has 1 fully saturated rings. The van der Waals surface area contributed by atoms with Gasteiger partial charge in [0, 0.05) is 11.8 Å². The first-order valence-corrected chi connectivity index (χ1v) is 6.40. The standard InChI is InChI=1S/C15H22O2/c1-5-15(4)12(16)9-13(15)17-14-10(2)7-6-8-11(14)3/h6-8,12-13,16H,5,9H2,1-4H3. The first kappa shape index (κ1) is 12.4. The average Bonchev–Trinajstić information content (AvgIpc) is 2.31. The van der Waals surface area contributed by atoms with E-state index in [1.165, 1.54) is 11.1 Å². The van der Waals surface area contributed by atoms with E-state index in [2.05, 4.69) is 39.8 Å². The molecular formula is C15H22O2. The van der Waals surface area contributed by atoms with E-state index in [0.717, 1.165) is 18.6 Å². The average molecular weight is 234 g/mol. The summed E-state index contributed by atoms with van der Waals surface area (Å²) in [6.45, 7) is 8.37. The number of ether oxygens (including phenoxy) is 1. The Morgan fingerprint density at radius 3 is 2.41 bits per heavy atom. The highest BCUT2D eigenvalue weighted by Crippen LogP contribution is 2.46. The highest BCUT2D eigenvalue weighted by Gasteiger charge is 2.51. The van der Waals surface area contributed by atoms with Crippen LogP contribution in [-0.2, 0) is 0 Å². The van der Waals surface area contributed by atoms with Crippen molar-refractivity contribution in [3.8, 4) is 5.75 Å². The third kappa shape index (κ3) is 1.95. The van der Waals surface area contributed by atoms with E-state index in [9.17, 15) is 5.11 Å². The van der Waals surface area contributed by atoms with Gasteiger partial charge in [0.25, 0.3) is 0 Å². The monoisotopic (exact) mass is 234 g/mol. The minimum Gasteiger partial charge on any atom is -0.489 e. The lowest BCUT2D eigenvalue weighted by Gasteiger charge is -2.50. The minimum absolute atomic E-state index is 0.0886. The van der Waals surface area contributed by atoms with Gasteiger partial charge in [-0.15, -0.1) is 0 Å². The second-order valence-electron chi connectivity index (χ2n) is 5.44. The van der Waals surface area contributed by atoms with Gasteiger partial charge in [0.1, 0.15) is 11.9 Å². The Hall–Kier alpha value is -1.02. The zero-order valence-corrected chi connectivity index (χ0v) is 11.2. The number of para-hydroxylation sites is 1. The topological polar surface area (TPSA) is 29.5 Å². The molecule has 0 amide bonds. The van der Waals surface area contributed by atoms with Gasteiger partial charge in [-0.3, -0.25) is 0 Å². The Morgan fingerprint density at radius 1 is 1.35 bits per heavy atom.